The Kier molecular flexibility index (Phi) is 6.95. The van der Waals surface area contributed by atoms with Crippen molar-refractivity contribution in [3.05, 3.63) is 66.2 Å². The summed E-state index contributed by atoms with van der Waals surface area (Å²) in [6.45, 7) is 0. The molecule has 0 aliphatic rings. The van der Waals surface area contributed by atoms with Crippen molar-refractivity contribution in [3.8, 4) is 0 Å². The third-order valence-corrected chi connectivity index (χ3v) is 6.33. The number of hydrogen-bond acceptors (Lipinski definition) is 4. The molecule has 0 aliphatic carbocycles. The minimum absolute atomic E-state index is 0.0395. The summed E-state index contributed by atoms with van der Waals surface area (Å²) in [5.41, 5.74) is 5.97. The highest BCUT2D eigenvalue weighted by molar-refractivity contribution is 7.89. The van der Waals surface area contributed by atoms with E-state index in [0.29, 0.717) is 5.56 Å². The van der Waals surface area contributed by atoms with Crippen molar-refractivity contribution >= 4 is 67.6 Å². The molecule has 2 rings (SSSR count). The molecule has 0 saturated carbocycles. The van der Waals surface area contributed by atoms with Gasteiger partial charge < -0.3 is 11.1 Å². The molecule has 10 heteroatoms. The van der Waals surface area contributed by atoms with Crippen LogP contribution in [0.3, 0.4) is 0 Å². The number of halogens is 2. The quantitative estimate of drug-likeness (QED) is 0.358. The van der Waals surface area contributed by atoms with Crippen LogP contribution in [0.5, 0.6) is 0 Å². The maximum Gasteiger partial charge on any atom is 0.242 e. The number of nitrogens with one attached hydrogen (secondary N) is 2. The standard InChI is InChI=1S/C16H15Cl2N3O2S3/c17-16(18,11-7-3-1-4-8-11)15(20-14(25)13(19)24)21-26(22,23)12-9-5-2-6-10-12/h1-10,15,21H,(H2,19,24)(H,20,25). The van der Waals surface area contributed by atoms with Crippen LogP contribution in [0.15, 0.2) is 65.6 Å². The molecule has 0 fully saturated rings. The van der Waals surface area contributed by atoms with E-state index in [-0.39, 0.29) is 14.9 Å². The van der Waals surface area contributed by atoms with E-state index in [2.05, 4.69) is 10.0 Å². The van der Waals surface area contributed by atoms with Crippen LogP contribution in [-0.4, -0.2) is 24.6 Å². The second-order valence-electron chi connectivity index (χ2n) is 5.19. The Labute approximate surface area is 172 Å². The third kappa shape index (κ3) is 5.12. The van der Waals surface area contributed by atoms with E-state index in [0.717, 1.165) is 0 Å². The molecule has 1 atom stereocenters. The predicted molar refractivity (Wildman–Crippen MR) is 113 cm³/mol. The first-order chi connectivity index (χ1) is 12.1. The summed E-state index contributed by atoms with van der Waals surface area (Å²) >= 11 is 22.9. The highest BCUT2D eigenvalue weighted by atomic mass is 35.5. The van der Waals surface area contributed by atoms with Crippen molar-refractivity contribution in [1.29, 1.82) is 0 Å². The summed E-state index contributed by atoms with van der Waals surface area (Å²) < 4.78 is 26.1. The lowest BCUT2D eigenvalue weighted by molar-refractivity contribution is 0.500. The van der Waals surface area contributed by atoms with Gasteiger partial charge in [-0.05, 0) is 17.7 Å². The second kappa shape index (κ2) is 8.60. The molecule has 138 valence electrons. The maximum absolute atomic E-state index is 12.7. The van der Waals surface area contributed by atoms with E-state index >= 15 is 0 Å². The highest BCUT2D eigenvalue weighted by Gasteiger charge is 2.40. The molecule has 0 aliphatic heterocycles. The smallest absolute Gasteiger partial charge is 0.242 e. The average molecular weight is 448 g/mol. The van der Waals surface area contributed by atoms with Crippen molar-refractivity contribution in [3.63, 3.8) is 0 Å². The van der Waals surface area contributed by atoms with Crippen LogP contribution in [-0.2, 0) is 14.4 Å². The molecule has 0 saturated heterocycles. The van der Waals surface area contributed by atoms with Crippen molar-refractivity contribution in [2.24, 2.45) is 5.73 Å². The Hall–Kier alpha value is -1.29. The third-order valence-electron chi connectivity index (χ3n) is 3.35. The van der Waals surface area contributed by atoms with Crippen LogP contribution in [0.4, 0.5) is 0 Å². The topological polar surface area (TPSA) is 84.2 Å². The molecular weight excluding hydrogens is 433 g/mol. The van der Waals surface area contributed by atoms with Crippen LogP contribution in [0.2, 0.25) is 0 Å². The van der Waals surface area contributed by atoms with Crippen LogP contribution >= 0.6 is 47.6 Å². The van der Waals surface area contributed by atoms with Crippen molar-refractivity contribution < 1.29 is 8.42 Å². The van der Waals surface area contributed by atoms with E-state index in [9.17, 15) is 8.42 Å². The summed E-state index contributed by atoms with van der Waals surface area (Å²) in [5.74, 6) is 0. The lowest BCUT2D eigenvalue weighted by Crippen LogP contribution is -2.57. The van der Waals surface area contributed by atoms with Crippen LogP contribution in [0.25, 0.3) is 0 Å². The number of alkyl halides is 2. The zero-order valence-electron chi connectivity index (χ0n) is 13.2. The molecule has 0 bridgehead atoms. The van der Waals surface area contributed by atoms with Crippen molar-refractivity contribution in [1.82, 2.24) is 10.0 Å². The normalized spacial score (nSPS) is 13.0. The van der Waals surface area contributed by atoms with E-state index in [4.69, 9.17) is 53.4 Å². The number of hydrogen-bond donors (Lipinski definition) is 3. The minimum Gasteiger partial charge on any atom is -0.388 e. The lowest BCUT2D eigenvalue weighted by atomic mass is 10.1. The fourth-order valence-corrected chi connectivity index (χ4v) is 4.02. The summed E-state index contributed by atoms with van der Waals surface area (Å²) in [6.07, 6.45) is -1.23. The maximum atomic E-state index is 12.7. The van der Waals surface area contributed by atoms with Crippen molar-refractivity contribution in [2.75, 3.05) is 0 Å². The van der Waals surface area contributed by atoms with Gasteiger partial charge in [-0.3, -0.25) is 0 Å². The van der Waals surface area contributed by atoms with E-state index in [1.807, 2.05) is 0 Å². The fourth-order valence-electron chi connectivity index (χ4n) is 2.05. The van der Waals surface area contributed by atoms with Gasteiger partial charge in [-0.15, -0.1) is 0 Å². The average Bonchev–Trinajstić information content (AvgIpc) is 2.62. The highest BCUT2D eigenvalue weighted by Crippen LogP contribution is 2.37. The minimum atomic E-state index is -3.95. The van der Waals surface area contributed by atoms with Gasteiger partial charge >= 0.3 is 0 Å². The first kappa shape index (κ1) is 21.0. The zero-order chi connectivity index (χ0) is 19.4. The summed E-state index contributed by atoms with van der Waals surface area (Å²) in [4.78, 5) is -0.103. The Balaban J connectivity index is 2.41. The summed E-state index contributed by atoms with van der Waals surface area (Å²) in [6, 6.07) is 16.3. The van der Waals surface area contributed by atoms with Crippen LogP contribution in [0, 0.1) is 0 Å². The van der Waals surface area contributed by atoms with E-state index < -0.39 is 20.5 Å². The molecule has 0 aromatic heterocycles. The molecule has 4 N–H and O–H groups in total. The Morgan fingerprint density at radius 3 is 2.00 bits per heavy atom. The fraction of sp³-hybridized carbons (Fsp3) is 0.125. The van der Waals surface area contributed by atoms with Gasteiger partial charge in [-0.1, -0.05) is 96.2 Å². The predicted octanol–water partition coefficient (Wildman–Crippen LogP) is 2.82. The summed E-state index contributed by atoms with van der Waals surface area (Å²) in [5, 5.41) is 2.69. The monoisotopic (exact) mass is 447 g/mol. The molecule has 0 amide bonds. The Morgan fingerprint density at radius 2 is 1.50 bits per heavy atom. The number of nitrogens with two attached hydrogens (primary N) is 1. The van der Waals surface area contributed by atoms with Gasteiger partial charge in [0.1, 0.15) is 16.1 Å². The van der Waals surface area contributed by atoms with Gasteiger partial charge in [0.25, 0.3) is 0 Å². The Morgan fingerprint density at radius 1 is 1.00 bits per heavy atom. The number of thiocarbonyl (C=S) groups is 2. The number of rotatable bonds is 6. The summed E-state index contributed by atoms with van der Waals surface area (Å²) in [7, 11) is -3.95. The van der Waals surface area contributed by atoms with Gasteiger partial charge in [0.2, 0.25) is 10.0 Å². The van der Waals surface area contributed by atoms with Gasteiger partial charge in [0, 0.05) is 0 Å². The number of benzene rings is 2. The van der Waals surface area contributed by atoms with Gasteiger partial charge in [-0.25, -0.2) is 8.42 Å². The van der Waals surface area contributed by atoms with Gasteiger partial charge in [0.15, 0.2) is 4.33 Å². The first-order valence-electron chi connectivity index (χ1n) is 7.25. The molecule has 0 spiro atoms. The lowest BCUT2D eigenvalue weighted by Gasteiger charge is -2.32. The first-order valence-corrected chi connectivity index (χ1v) is 10.3. The molecule has 0 heterocycles. The molecular formula is C16H15Cl2N3O2S3. The van der Waals surface area contributed by atoms with Crippen LogP contribution in [0.1, 0.15) is 5.56 Å². The van der Waals surface area contributed by atoms with Gasteiger partial charge in [-0.2, -0.15) is 4.72 Å². The number of sulfonamides is 1. The molecule has 0 radical (unpaired) electrons. The SMILES string of the molecule is NC(=S)C(=S)NC(NS(=O)(=O)c1ccccc1)C(Cl)(Cl)c1ccccc1. The molecule has 5 nitrogen and oxygen atoms in total. The second-order valence-corrected chi connectivity index (χ2v) is 9.14. The van der Waals surface area contributed by atoms with Crippen LogP contribution < -0.4 is 15.8 Å². The molecule has 2 aromatic carbocycles. The molecule has 1 unspecified atom stereocenters. The molecule has 2 aromatic rings. The van der Waals surface area contributed by atoms with Gasteiger partial charge in [0.05, 0.1) is 4.90 Å². The Bertz CT molecular complexity index is 891. The van der Waals surface area contributed by atoms with Crippen molar-refractivity contribution in [2.45, 2.75) is 15.4 Å². The zero-order valence-corrected chi connectivity index (χ0v) is 17.2. The largest absolute Gasteiger partial charge is 0.388 e. The van der Waals surface area contributed by atoms with E-state index in [1.54, 1.807) is 48.5 Å². The molecule has 26 heavy (non-hydrogen) atoms. The van der Waals surface area contributed by atoms with E-state index in [1.165, 1.54) is 12.1 Å².